The third-order valence-electron chi connectivity index (χ3n) is 4.52. The molecule has 1 saturated heterocycles. The van der Waals surface area contributed by atoms with E-state index in [1.165, 1.54) is 6.07 Å². The SMILES string of the molecule is Cc1cnc(N2CCCC2CO)nc1NCc1cccc(C(F)(F)F)c1. The van der Waals surface area contributed by atoms with E-state index in [2.05, 4.69) is 15.3 Å². The first-order valence-electron chi connectivity index (χ1n) is 8.49. The maximum Gasteiger partial charge on any atom is 0.416 e. The number of benzene rings is 1. The molecule has 1 aliphatic heterocycles. The third-order valence-corrected chi connectivity index (χ3v) is 4.52. The molecule has 2 N–H and O–H groups in total. The van der Waals surface area contributed by atoms with Crippen molar-refractivity contribution in [3.8, 4) is 0 Å². The minimum Gasteiger partial charge on any atom is -0.394 e. The van der Waals surface area contributed by atoms with Gasteiger partial charge in [0, 0.05) is 24.8 Å². The Kier molecular flexibility index (Phi) is 5.31. The van der Waals surface area contributed by atoms with Gasteiger partial charge in [-0.1, -0.05) is 12.1 Å². The summed E-state index contributed by atoms with van der Waals surface area (Å²) in [5.74, 6) is 1.11. The molecule has 8 heteroatoms. The van der Waals surface area contributed by atoms with Crippen LogP contribution in [-0.4, -0.2) is 34.3 Å². The van der Waals surface area contributed by atoms with Gasteiger partial charge in [0.2, 0.25) is 5.95 Å². The normalized spacial score (nSPS) is 17.6. The van der Waals surface area contributed by atoms with E-state index in [-0.39, 0.29) is 19.2 Å². The lowest BCUT2D eigenvalue weighted by atomic mass is 10.1. The molecule has 1 unspecified atom stereocenters. The van der Waals surface area contributed by atoms with E-state index in [1.54, 1.807) is 12.3 Å². The number of halogens is 3. The minimum absolute atomic E-state index is 0.00835. The first kappa shape index (κ1) is 18.4. The second-order valence-corrected chi connectivity index (χ2v) is 6.43. The molecule has 0 bridgehead atoms. The highest BCUT2D eigenvalue weighted by atomic mass is 19.4. The molecule has 1 aliphatic rings. The number of hydrogen-bond acceptors (Lipinski definition) is 5. The van der Waals surface area contributed by atoms with Gasteiger partial charge in [0.05, 0.1) is 18.2 Å². The van der Waals surface area contributed by atoms with E-state index in [9.17, 15) is 18.3 Å². The Morgan fingerprint density at radius 3 is 2.88 bits per heavy atom. The smallest absolute Gasteiger partial charge is 0.394 e. The number of hydrogen-bond donors (Lipinski definition) is 2. The van der Waals surface area contributed by atoms with Crippen LogP contribution < -0.4 is 10.2 Å². The van der Waals surface area contributed by atoms with E-state index in [0.29, 0.717) is 17.3 Å². The van der Waals surface area contributed by atoms with E-state index < -0.39 is 11.7 Å². The molecule has 26 heavy (non-hydrogen) atoms. The van der Waals surface area contributed by atoms with Crippen LogP contribution in [0.2, 0.25) is 0 Å². The number of alkyl halides is 3. The molecule has 0 saturated carbocycles. The monoisotopic (exact) mass is 366 g/mol. The van der Waals surface area contributed by atoms with E-state index in [4.69, 9.17) is 0 Å². The Morgan fingerprint density at radius 2 is 2.15 bits per heavy atom. The van der Waals surface area contributed by atoms with Crippen LogP contribution in [0.3, 0.4) is 0 Å². The van der Waals surface area contributed by atoms with Crippen molar-refractivity contribution < 1.29 is 18.3 Å². The van der Waals surface area contributed by atoms with Gasteiger partial charge in [-0.05, 0) is 37.5 Å². The maximum atomic E-state index is 12.8. The Labute approximate surface area is 149 Å². The predicted molar refractivity (Wildman–Crippen MR) is 93.0 cm³/mol. The second kappa shape index (κ2) is 7.49. The van der Waals surface area contributed by atoms with Gasteiger partial charge in [0.25, 0.3) is 0 Å². The zero-order valence-electron chi connectivity index (χ0n) is 14.4. The van der Waals surface area contributed by atoms with Gasteiger partial charge in [0.1, 0.15) is 5.82 Å². The van der Waals surface area contributed by atoms with Gasteiger partial charge in [-0.2, -0.15) is 18.2 Å². The van der Waals surface area contributed by atoms with Crippen LogP contribution in [0.1, 0.15) is 29.5 Å². The highest BCUT2D eigenvalue weighted by Gasteiger charge is 2.30. The van der Waals surface area contributed by atoms with E-state index in [0.717, 1.165) is 37.1 Å². The van der Waals surface area contributed by atoms with Gasteiger partial charge in [-0.15, -0.1) is 0 Å². The zero-order chi connectivity index (χ0) is 18.7. The number of nitrogens with zero attached hydrogens (tertiary/aromatic N) is 3. The molecular formula is C18H21F3N4O. The molecule has 3 rings (SSSR count). The van der Waals surface area contributed by atoms with Crippen molar-refractivity contribution in [1.29, 1.82) is 0 Å². The molecule has 0 radical (unpaired) electrons. The summed E-state index contributed by atoms with van der Waals surface area (Å²) in [5, 5.41) is 12.6. The summed E-state index contributed by atoms with van der Waals surface area (Å²) < 4.78 is 38.5. The first-order chi connectivity index (χ1) is 12.4. The Hall–Kier alpha value is -2.35. The highest BCUT2D eigenvalue weighted by Crippen LogP contribution is 2.30. The molecule has 0 spiro atoms. The van der Waals surface area contributed by atoms with Gasteiger partial charge in [-0.3, -0.25) is 0 Å². The standard InChI is InChI=1S/C18H21F3N4O/c1-12-9-23-17(25-7-3-6-15(25)11-26)24-16(12)22-10-13-4-2-5-14(8-13)18(19,20)21/h2,4-5,8-9,15,26H,3,6-7,10-11H2,1H3,(H,22,23,24). The quantitative estimate of drug-likeness (QED) is 0.850. The summed E-state index contributed by atoms with van der Waals surface area (Å²) in [6.45, 7) is 2.89. The topological polar surface area (TPSA) is 61.3 Å². The van der Waals surface area contributed by atoms with Crippen molar-refractivity contribution in [2.75, 3.05) is 23.4 Å². The van der Waals surface area contributed by atoms with Crippen LogP contribution in [0, 0.1) is 6.92 Å². The van der Waals surface area contributed by atoms with Crippen molar-refractivity contribution in [2.45, 2.75) is 38.5 Å². The fourth-order valence-corrected chi connectivity index (χ4v) is 3.08. The van der Waals surface area contributed by atoms with E-state index >= 15 is 0 Å². The van der Waals surface area contributed by atoms with Crippen LogP contribution in [0.4, 0.5) is 24.9 Å². The Balaban J connectivity index is 1.75. The number of rotatable bonds is 5. The number of anilines is 2. The second-order valence-electron chi connectivity index (χ2n) is 6.43. The molecule has 1 aromatic heterocycles. The molecule has 0 aliphatic carbocycles. The Morgan fingerprint density at radius 1 is 1.35 bits per heavy atom. The number of aromatic nitrogens is 2. The number of aliphatic hydroxyl groups excluding tert-OH is 1. The molecule has 2 heterocycles. The van der Waals surface area contributed by atoms with Crippen molar-refractivity contribution in [3.63, 3.8) is 0 Å². The molecular weight excluding hydrogens is 345 g/mol. The first-order valence-corrected chi connectivity index (χ1v) is 8.49. The lowest BCUT2D eigenvalue weighted by molar-refractivity contribution is -0.137. The van der Waals surface area contributed by atoms with Crippen LogP contribution in [0.5, 0.6) is 0 Å². The summed E-state index contributed by atoms with van der Waals surface area (Å²) in [6, 6.07) is 5.23. The van der Waals surface area contributed by atoms with Crippen LogP contribution in [0.25, 0.3) is 0 Å². The van der Waals surface area contributed by atoms with Crippen LogP contribution >= 0.6 is 0 Å². The lowest BCUT2D eigenvalue weighted by Crippen LogP contribution is -2.33. The summed E-state index contributed by atoms with van der Waals surface area (Å²) in [5.41, 5.74) is 0.661. The fourth-order valence-electron chi connectivity index (χ4n) is 3.08. The summed E-state index contributed by atoms with van der Waals surface area (Å²) >= 11 is 0. The van der Waals surface area contributed by atoms with Crippen molar-refractivity contribution >= 4 is 11.8 Å². The predicted octanol–water partition coefficient (Wildman–Crippen LogP) is 3.38. The number of aliphatic hydroxyl groups is 1. The average molecular weight is 366 g/mol. The molecule has 140 valence electrons. The summed E-state index contributed by atoms with van der Waals surface area (Å²) in [6.07, 6.45) is -0.817. The molecule has 1 aromatic carbocycles. The van der Waals surface area contributed by atoms with Crippen molar-refractivity contribution in [2.24, 2.45) is 0 Å². The lowest BCUT2D eigenvalue weighted by Gasteiger charge is -2.23. The van der Waals surface area contributed by atoms with Gasteiger partial charge in [0.15, 0.2) is 0 Å². The molecule has 0 amide bonds. The van der Waals surface area contributed by atoms with Gasteiger partial charge in [-0.25, -0.2) is 4.98 Å². The average Bonchev–Trinajstić information content (AvgIpc) is 3.09. The third kappa shape index (κ3) is 4.07. The molecule has 1 fully saturated rings. The molecule has 5 nitrogen and oxygen atoms in total. The van der Waals surface area contributed by atoms with Gasteiger partial charge >= 0.3 is 6.18 Å². The van der Waals surface area contributed by atoms with E-state index in [1.807, 2.05) is 11.8 Å². The number of nitrogens with one attached hydrogen (secondary N) is 1. The highest BCUT2D eigenvalue weighted by molar-refractivity contribution is 5.48. The molecule has 2 aromatic rings. The van der Waals surface area contributed by atoms with Crippen LogP contribution in [-0.2, 0) is 12.7 Å². The van der Waals surface area contributed by atoms with Crippen LogP contribution in [0.15, 0.2) is 30.5 Å². The van der Waals surface area contributed by atoms with Gasteiger partial charge < -0.3 is 15.3 Å². The maximum absolute atomic E-state index is 12.8. The largest absolute Gasteiger partial charge is 0.416 e. The number of aryl methyl sites for hydroxylation is 1. The zero-order valence-corrected chi connectivity index (χ0v) is 14.4. The van der Waals surface area contributed by atoms with Crippen molar-refractivity contribution in [3.05, 3.63) is 47.2 Å². The fraction of sp³-hybridized carbons (Fsp3) is 0.444. The summed E-state index contributed by atoms with van der Waals surface area (Å²) in [4.78, 5) is 10.8. The minimum atomic E-state index is -4.36. The molecule has 1 atom stereocenters. The Bertz CT molecular complexity index is 766. The van der Waals surface area contributed by atoms with Crippen molar-refractivity contribution in [1.82, 2.24) is 9.97 Å². The summed E-state index contributed by atoms with van der Waals surface area (Å²) in [7, 11) is 0.